The van der Waals surface area contributed by atoms with Gasteiger partial charge in [-0.3, -0.25) is 0 Å². The molecule has 0 aliphatic rings. The summed E-state index contributed by atoms with van der Waals surface area (Å²) >= 11 is 0. The van der Waals surface area contributed by atoms with Crippen LogP contribution in [0.5, 0.6) is 0 Å². The Kier molecular flexibility index (Phi) is 14.1. The number of hydrogen-bond donors (Lipinski definition) is 2. The Labute approximate surface area is 113 Å². The Hall–Kier alpha value is -0.540. The van der Waals surface area contributed by atoms with Gasteiger partial charge in [-0.2, -0.15) is 0 Å². The van der Waals surface area contributed by atoms with Crippen molar-refractivity contribution in [1.82, 2.24) is 4.90 Å². The summed E-state index contributed by atoms with van der Waals surface area (Å²) in [5.74, 6) is 0. The predicted molar refractivity (Wildman–Crippen MR) is 77.5 cm³/mol. The number of hydrogen-bond acceptors (Lipinski definition) is 3. The fourth-order valence-corrected chi connectivity index (χ4v) is 1.96. The van der Waals surface area contributed by atoms with Crippen molar-refractivity contribution in [3.05, 3.63) is 12.3 Å². The van der Waals surface area contributed by atoms with Crippen molar-refractivity contribution in [3.8, 4) is 0 Å². The van der Waals surface area contributed by atoms with Crippen LogP contribution < -0.4 is 0 Å². The summed E-state index contributed by atoms with van der Waals surface area (Å²) in [5, 5.41) is 17.7. The van der Waals surface area contributed by atoms with Crippen LogP contribution in [0.1, 0.15) is 58.3 Å². The van der Waals surface area contributed by atoms with Crippen LogP contribution in [0, 0.1) is 0 Å². The molecule has 0 atom stereocenters. The summed E-state index contributed by atoms with van der Waals surface area (Å²) in [7, 11) is 0. The summed E-state index contributed by atoms with van der Waals surface area (Å²) in [6.07, 6.45) is 14.6. The third-order valence-corrected chi connectivity index (χ3v) is 3.06. The van der Waals surface area contributed by atoms with Crippen LogP contribution in [-0.4, -0.2) is 41.4 Å². The van der Waals surface area contributed by atoms with Crippen molar-refractivity contribution in [3.63, 3.8) is 0 Å². The second-order valence-corrected chi connectivity index (χ2v) is 4.78. The highest BCUT2D eigenvalue weighted by Crippen LogP contribution is 2.08. The molecule has 0 saturated heterocycles. The van der Waals surface area contributed by atoms with Gasteiger partial charge in [-0.1, -0.05) is 51.5 Å². The number of aliphatic hydroxyl groups is 2. The molecule has 0 aromatic rings. The Morgan fingerprint density at radius 3 is 1.94 bits per heavy atom. The van der Waals surface area contributed by atoms with Gasteiger partial charge in [-0.05, 0) is 19.0 Å². The van der Waals surface area contributed by atoms with Crippen molar-refractivity contribution >= 4 is 0 Å². The van der Waals surface area contributed by atoms with Crippen LogP contribution in [0.3, 0.4) is 0 Å². The molecule has 0 spiro atoms. The summed E-state index contributed by atoms with van der Waals surface area (Å²) in [5.41, 5.74) is 0. The van der Waals surface area contributed by atoms with Gasteiger partial charge in [-0.25, -0.2) is 0 Å². The molecule has 0 heterocycles. The monoisotopic (exact) mass is 257 g/mol. The van der Waals surface area contributed by atoms with Crippen LogP contribution in [0.15, 0.2) is 12.3 Å². The smallest absolute Gasteiger partial charge is 0.0606 e. The molecule has 0 bridgehead atoms. The van der Waals surface area contributed by atoms with Gasteiger partial charge in [0.05, 0.1) is 13.2 Å². The molecule has 0 amide bonds. The lowest BCUT2D eigenvalue weighted by molar-refractivity contribution is 0.198. The summed E-state index contributed by atoms with van der Waals surface area (Å²) in [6, 6.07) is 0. The first-order chi connectivity index (χ1) is 8.85. The van der Waals surface area contributed by atoms with E-state index in [0.29, 0.717) is 13.1 Å². The SMILES string of the molecule is CCCCCCCCC/C=C/N(CCO)CCO. The Bertz CT molecular complexity index is 177. The standard InChI is InChI=1S/C15H31NO2/c1-2-3-4-5-6-7-8-9-10-11-16(12-14-17)13-15-18/h10-11,17-18H,2-9,12-15H2,1H3/b11-10+. The van der Waals surface area contributed by atoms with Crippen molar-refractivity contribution < 1.29 is 10.2 Å². The molecule has 108 valence electrons. The Balaban J connectivity index is 3.39. The fourth-order valence-electron chi connectivity index (χ4n) is 1.96. The summed E-state index contributed by atoms with van der Waals surface area (Å²) in [4.78, 5) is 1.96. The molecular formula is C15H31NO2. The minimum atomic E-state index is 0.141. The second kappa shape index (κ2) is 14.5. The van der Waals surface area contributed by atoms with E-state index in [1.165, 1.54) is 44.9 Å². The third-order valence-electron chi connectivity index (χ3n) is 3.06. The molecule has 0 aliphatic carbocycles. The zero-order valence-electron chi connectivity index (χ0n) is 12.0. The average Bonchev–Trinajstić information content (AvgIpc) is 2.37. The lowest BCUT2D eigenvalue weighted by atomic mass is 10.1. The van der Waals surface area contributed by atoms with Gasteiger partial charge in [-0.15, -0.1) is 0 Å². The van der Waals surface area contributed by atoms with Gasteiger partial charge in [0, 0.05) is 13.1 Å². The molecule has 0 aliphatic heterocycles. The number of unbranched alkanes of at least 4 members (excludes halogenated alkanes) is 7. The highest BCUT2D eigenvalue weighted by molar-refractivity contribution is 4.82. The highest BCUT2D eigenvalue weighted by Gasteiger charge is 1.95. The maximum atomic E-state index is 8.85. The van der Waals surface area contributed by atoms with Gasteiger partial charge in [0.2, 0.25) is 0 Å². The molecule has 0 aromatic heterocycles. The van der Waals surface area contributed by atoms with Crippen molar-refractivity contribution in [2.24, 2.45) is 0 Å². The first-order valence-corrected chi connectivity index (χ1v) is 7.47. The topological polar surface area (TPSA) is 43.7 Å². The number of nitrogens with zero attached hydrogens (tertiary/aromatic N) is 1. The van der Waals surface area contributed by atoms with Gasteiger partial charge in [0.15, 0.2) is 0 Å². The van der Waals surface area contributed by atoms with E-state index in [4.69, 9.17) is 10.2 Å². The van der Waals surface area contributed by atoms with Crippen molar-refractivity contribution in [2.45, 2.75) is 58.3 Å². The number of rotatable bonds is 13. The maximum absolute atomic E-state index is 8.85. The van der Waals surface area contributed by atoms with Crippen LogP contribution in [0.4, 0.5) is 0 Å². The molecule has 0 unspecified atom stereocenters. The molecule has 0 aromatic carbocycles. The molecule has 0 rings (SSSR count). The normalized spacial score (nSPS) is 11.3. The molecule has 0 fully saturated rings. The van der Waals surface area contributed by atoms with Crippen LogP contribution in [-0.2, 0) is 0 Å². The first-order valence-electron chi connectivity index (χ1n) is 7.47. The van der Waals surface area contributed by atoms with E-state index in [1.807, 2.05) is 11.1 Å². The zero-order chi connectivity index (χ0) is 13.5. The molecule has 3 heteroatoms. The van der Waals surface area contributed by atoms with Gasteiger partial charge in [0.25, 0.3) is 0 Å². The maximum Gasteiger partial charge on any atom is 0.0606 e. The molecule has 0 saturated carbocycles. The molecular weight excluding hydrogens is 226 g/mol. The Morgan fingerprint density at radius 1 is 0.833 bits per heavy atom. The predicted octanol–water partition coefficient (Wildman–Crippen LogP) is 2.93. The molecule has 18 heavy (non-hydrogen) atoms. The van der Waals surface area contributed by atoms with Gasteiger partial charge < -0.3 is 15.1 Å². The van der Waals surface area contributed by atoms with Crippen LogP contribution in [0.2, 0.25) is 0 Å². The quantitative estimate of drug-likeness (QED) is 0.499. The minimum Gasteiger partial charge on any atom is -0.395 e. The highest BCUT2D eigenvalue weighted by atomic mass is 16.3. The van der Waals surface area contributed by atoms with E-state index < -0.39 is 0 Å². The lowest BCUT2D eigenvalue weighted by Gasteiger charge is -2.17. The molecule has 0 radical (unpaired) electrons. The van der Waals surface area contributed by atoms with Gasteiger partial charge >= 0.3 is 0 Å². The summed E-state index contributed by atoms with van der Waals surface area (Å²) in [6.45, 7) is 3.74. The largest absolute Gasteiger partial charge is 0.395 e. The van der Waals surface area contributed by atoms with Crippen LogP contribution in [0.25, 0.3) is 0 Å². The Morgan fingerprint density at radius 2 is 1.39 bits per heavy atom. The molecule has 3 nitrogen and oxygen atoms in total. The average molecular weight is 257 g/mol. The van der Waals surface area contributed by atoms with E-state index in [9.17, 15) is 0 Å². The third kappa shape index (κ3) is 11.9. The lowest BCUT2D eigenvalue weighted by Crippen LogP contribution is -2.24. The van der Waals surface area contributed by atoms with E-state index in [-0.39, 0.29) is 13.2 Å². The number of aliphatic hydroxyl groups excluding tert-OH is 2. The minimum absolute atomic E-state index is 0.141. The van der Waals surface area contributed by atoms with Crippen molar-refractivity contribution in [1.29, 1.82) is 0 Å². The molecule has 2 N–H and O–H groups in total. The first kappa shape index (κ1) is 17.5. The van der Waals surface area contributed by atoms with E-state index >= 15 is 0 Å². The zero-order valence-corrected chi connectivity index (χ0v) is 12.0. The second-order valence-electron chi connectivity index (χ2n) is 4.78. The van der Waals surface area contributed by atoms with E-state index in [0.717, 1.165) is 6.42 Å². The fraction of sp³-hybridized carbons (Fsp3) is 0.867. The van der Waals surface area contributed by atoms with Crippen LogP contribution >= 0.6 is 0 Å². The van der Waals surface area contributed by atoms with Crippen molar-refractivity contribution in [2.75, 3.05) is 26.3 Å². The number of allylic oxidation sites excluding steroid dienone is 1. The van der Waals surface area contributed by atoms with E-state index in [2.05, 4.69) is 13.0 Å². The van der Waals surface area contributed by atoms with E-state index in [1.54, 1.807) is 0 Å². The summed E-state index contributed by atoms with van der Waals surface area (Å²) < 4.78 is 0. The van der Waals surface area contributed by atoms with Gasteiger partial charge in [0.1, 0.15) is 0 Å².